The van der Waals surface area contributed by atoms with Crippen molar-refractivity contribution >= 4 is 5.69 Å². The van der Waals surface area contributed by atoms with E-state index >= 15 is 0 Å². The van der Waals surface area contributed by atoms with Crippen molar-refractivity contribution in [3.63, 3.8) is 0 Å². The second kappa shape index (κ2) is 6.37. The molecule has 1 unspecified atom stereocenters. The second-order valence-electron chi connectivity index (χ2n) is 6.96. The van der Waals surface area contributed by atoms with Crippen LogP contribution in [0.5, 0.6) is 0 Å². The molecule has 1 aromatic rings. The van der Waals surface area contributed by atoms with Gasteiger partial charge in [-0.05, 0) is 50.4 Å². The molecule has 0 radical (unpaired) electrons. The summed E-state index contributed by atoms with van der Waals surface area (Å²) >= 11 is 0. The van der Waals surface area contributed by atoms with Gasteiger partial charge in [-0.2, -0.15) is 0 Å². The molecule has 1 atom stereocenters. The van der Waals surface area contributed by atoms with E-state index < -0.39 is 0 Å². The van der Waals surface area contributed by atoms with Crippen LogP contribution >= 0.6 is 0 Å². The number of hydrogen-bond acceptors (Lipinski definition) is 3. The molecule has 1 spiro atoms. The summed E-state index contributed by atoms with van der Waals surface area (Å²) in [5.74, 6) is 0. The fourth-order valence-corrected chi connectivity index (χ4v) is 4.00. The van der Waals surface area contributed by atoms with E-state index in [1.54, 1.807) is 0 Å². The van der Waals surface area contributed by atoms with Crippen LogP contribution in [0.3, 0.4) is 0 Å². The minimum absolute atomic E-state index is 0.237. The zero-order chi connectivity index (χ0) is 14.7. The number of nitrogens with zero attached hydrogens (tertiary/aromatic N) is 1. The molecule has 1 aliphatic heterocycles. The van der Waals surface area contributed by atoms with Crippen LogP contribution in [0.2, 0.25) is 0 Å². The number of benzene rings is 1. The first-order chi connectivity index (χ1) is 10.2. The molecule has 0 bridgehead atoms. The highest BCUT2D eigenvalue weighted by Gasteiger charge is 2.40. The number of ether oxygens (including phenoxy) is 1. The molecule has 2 aliphatic rings. The van der Waals surface area contributed by atoms with Gasteiger partial charge >= 0.3 is 0 Å². The minimum Gasteiger partial charge on any atom is -0.399 e. The summed E-state index contributed by atoms with van der Waals surface area (Å²) in [7, 11) is 2.18. The maximum Gasteiger partial charge on any atom is 0.0710 e. The van der Waals surface area contributed by atoms with Gasteiger partial charge in [-0.25, -0.2) is 0 Å². The zero-order valence-corrected chi connectivity index (χ0v) is 13.2. The number of nitrogens with two attached hydrogens (primary N) is 1. The average Bonchev–Trinajstić information content (AvgIpc) is 2.82. The molecule has 3 rings (SSSR count). The molecule has 1 saturated carbocycles. The van der Waals surface area contributed by atoms with E-state index in [0.717, 1.165) is 18.8 Å². The molecular formula is C18H28N2O. The van der Waals surface area contributed by atoms with E-state index in [-0.39, 0.29) is 5.60 Å². The van der Waals surface area contributed by atoms with Crippen molar-refractivity contribution in [1.82, 2.24) is 4.90 Å². The Kier molecular flexibility index (Phi) is 4.51. The average molecular weight is 288 g/mol. The van der Waals surface area contributed by atoms with Crippen LogP contribution in [0, 0.1) is 0 Å². The van der Waals surface area contributed by atoms with Crippen molar-refractivity contribution in [1.29, 1.82) is 0 Å². The largest absolute Gasteiger partial charge is 0.399 e. The first kappa shape index (κ1) is 14.9. The summed E-state index contributed by atoms with van der Waals surface area (Å²) in [5, 5.41) is 0. The Labute approximate surface area is 128 Å². The maximum atomic E-state index is 6.46. The van der Waals surface area contributed by atoms with Crippen molar-refractivity contribution in [2.24, 2.45) is 0 Å². The monoisotopic (exact) mass is 288 g/mol. The molecule has 1 aliphatic carbocycles. The van der Waals surface area contributed by atoms with Crippen LogP contribution in [-0.2, 0) is 11.3 Å². The SMILES string of the molecule is CN(Cc1cccc(N)c1)CC1CCC2(CCCCC2)O1. The Morgan fingerprint density at radius 1 is 1.24 bits per heavy atom. The summed E-state index contributed by atoms with van der Waals surface area (Å²) < 4.78 is 6.46. The lowest BCUT2D eigenvalue weighted by atomic mass is 9.83. The normalized spacial score (nSPS) is 24.8. The third-order valence-electron chi connectivity index (χ3n) is 5.02. The Balaban J connectivity index is 1.50. The van der Waals surface area contributed by atoms with E-state index in [0.29, 0.717) is 6.10 Å². The van der Waals surface area contributed by atoms with Crippen LogP contribution in [0.1, 0.15) is 50.5 Å². The van der Waals surface area contributed by atoms with Gasteiger partial charge in [-0.15, -0.1) is 0 Å². The van der Waals surface area contributed by atoms with E-state index in [9.17, 15) is 0 Å². The Morgan fingerprint density at radius 3 is 2.81 bits per heavy atom. The highest BCUT2D eigenvalue weighted by Crippen LogP contribution is 2.41. The second-order valence-corrected chi connectivity index (χ2v) is 6.96. The number of anilines is 1. The van der Waals surface area contributed by atoms with Gasteiger partial charge in [0.05, 0.1) is 11.7 Å². The Bertz CT molecular complexity index is 468. The lowest BCUT2D eigenvalue weighted by Crippen LogP contribution is -2.35. The van der Waals surface area contributed by atoms with Gasteiger partial charge in [0, 0.05) is 18.8 Å². The summed E-state index contributed by atoms with van der Waals surface area (Å²) in [6.07, 6.45) is 9.56. The molecule has 1 aromatic carbocycles. The Morgan fingerprint density at radius 2 is 2.05 bits per heavy atom. The van der Waals surface area contributed by atoms with Gasteiger partial charge in [0.1, 0.15) is 0 Å². The summed E-state index contributed by atoms with van der Waals surface area (Å²) in [6, 6.07) is 8.18. The van der Waals surface area contributed by atoms with E-state index in [4.69, 9.17) is 10.5 Å². The molecule has 21 heavy (non-hydrogen) atoms. The van der Waals surface area contributed by atoms with Crippen LogP contribution in [-0.4, -0.2) is 30.2 Å². The standard InChI is InChI=1S/C18H28N2O/c1-20(13-15-6-5-7-16(19)12-15)14-17-8-11-18(21-17)9-3-2-4-10-18/h5-7,12,17H,2-4,8-11,13-14,19H2,1H3. The summed E-state index contributed by atoms with van der Waals surface area (Å²) in [4.78, 5) is 2.36. The van der Waals surface area contributed by atoms with Crippen molar-refractivity contribution in [2.75, 3.05) is 19.3 Å². The third kappa shape index (κ3) is 3.78. The molecule has 0 aromatic heterocycles. The molecule has 3 nitrogen and oxygen atoms in total. The molecule has 116 valence electrons. The smallest absolute Gasteiger partial charge is 0.0710 e. The fourth-order valence-electron chi connectivity index (χ4n) is 4.00. The third-order valence-corrected chi connectivity index (χ3v) is 5.02. The first-order valence-corrected chi connectivity index (χ1v) is 8.36. The predicted octanol–water partition coefficient (Wildman–Crippen LogP) is 3.58. The fraction of sp³-hybridized carbons (Fsp3) is 0.667. The van der Waals surface area contributed by atoms with Gasteiger partial charge < -0.3 is 10.5 Å². The number of likely N-dealkylation sites (N-methyl/N-ethyl adjacent to an activating group) is 1. The minimum atomic E-state index is 0.237. The maximum absolute atomic E-state index is 6.46. The Hall–Kier alpha value is -1.06. The molecule has 1 heterocycles. The molecule has 2 N–H and O–H groups in total. The lowest BCUT2D eigenvalue weighted by Gasteiger charge is -2.34. The van der Waals surface area contributed by atoms with E-state index in [1.807, 2.05) is 12.1 Å². The quantitative estimate of drug-likeness (QED) is 0.861. The predicted molar refractivity (Wildman–Crippen MR) is 87.1 cm³/mol. The summed E-state index contributed by atoms with van der Waals surface area (Å²) in [6.45, 7) is 1.97. The van der Waals surface area contributed by atoms with Crippen LogP contribution in [0.25, 0.3) is 0 Å². The molecule has 1 saturated heterocycles. The molecule has 3 heteroatoms. The summed E-state index contributed by atoms with van der Waals surface area (Å²) in [5.41, 5.74) is 8.21. The van der Waals surface area contributed by atoms with Gasteiger partial charge in [0.15, 0.2) is 0 Å². The van der Waals surface area contributed by atoms with Gasteiger partial charge in [0.2, 0.25) is 0 Å². The van der Waals surface area contributed by atoms with Gasteiger partial charge in [-0.1, -0.05) is 31.4 Å². The highest BCUT2D eigenvalue weighted by atomic mass is 16.5. The van der Waals surface area contributed by atoms with Crippen LogP contribution < -0.4 is 5.73 Å². The molecule has 2 fully saturated rings. The van der Waals surface area contributed by atoms with Crippen molar-refractivity contribution < 1.29 is 4.74 Å². The van der Waals surface area contributed by atoms with Crippen molar-refractivity contribution in [3.05, 3.63) is 29.8 Å². The van der Waals surface area contributed by atoms with Crippen molar-refractivity contribution in [3.8, 4) is 0 Å². The number of rotatable bonds is 4. The lowest BCUT2D eigenvalue weighted by molar-refractivity contribution is -0.0706. The number of hydrogen-bond donors (Lipinski definition) is 1. The van der Waals surface area contributed by atoms with Gasteiger partial charge in [0.25, 0.3) is 0 Å². The molecule has 0 amide bonds. The highest BCUT2D eigenvalue weighted by molar-refractivity contribution is 5.40. The van der Waals surface area contributed by atoms with Crippen molar-refractivity contribution in [2.45, 2.75) is 63.2 Å². The van der Waals surface area contributed by atoms with E-state index in [1.165, 1.54) is 50.5 Å². The topological polar surface area (TPSA) is 38.5 Å². The van der Waals surface area contributed by atoms with Crippen LogP contribution in [0.15, 0.2) is 24.3 Å². The number of nitrogen functional groups attached to an aromatic ring is 1. The zero-order valence-electron chi connectivity index (χ0n) is 13.2. The first-order valence-electron chi connectivity index (χ1n) is 8.36. The molecular weight excluding hydrogens is 260 g/mol. The van der Waals surface area contributed by atoms with Gasteiger partial charge in [-0.3, -0.25) is 4.90 Å². The van der Waals surface area contributed by atoms with E-state index in [2.05, 4.69) is 24.1 Å². The van der Waals surface area contributed by atoms with Crippen LogP contribution in [0.4, 0.5) is 5.69 Å².